The Hall–Kier alpha value is -1.23. The first-order chi connectivity index (χ1) is 12.1. The smallest absolute Gasteiger partial charge is 0.302 e. The maximum Gasteiger partial charge on any atom is 0.302 e. The van der Waals surface area contributed by atoms with Crippen LogP contribution in [0.5, 0.6) is 0 Å². The largest absolute Gasteiger partial charge is 0.462 e. The van der Waals surface area contributed by atoms with Gasteiger partial charge < -0.3 is 9.84 Å². The summed E-state index contributed by atoms with van der Waals surface area (Å²) in [5.74, 6) is -2.34. The second-order valence-electron chi connectivity index (χ2n) is 9.61. The van der Waals surface area contributed by atoms with Crippen LogP contribution in [0.2, 0.25) is 0 Å². The number of aliphatic hydroxyl groups is 1. The zero-order valence-corrected chi connectivity index (χ0v) is 16.5. The molecule has 0 unspecified atom stereocenters. The van der Waals surface area contributed by atoms with Crippen molar-refractivity contribution in [2.75, 3.05) is 0 Å². The molecule has 0 aromatic rings. The zero-order valence-electron chi connectivity index (χ0n) is 16.5. The van der Waals surface area contributed by atoms with Gasteiger partial charge >= 0.3 is 5.97 Å². The van der Waals surface area contributed by atoms with Crippen LogP contribution in [-0.2, 0) is 19.1 Å². The van der Waals surface area contributed by atoms with E-state index in [1.165, 1.54) is 6.92 Å². The van der Waals surface area contributed by atoms with Crippen LogP contribution >= 0.6 is 0 Å². The third-order valence-electron chi connectivity index (χ3n) is 7.27. The van der Waals surface area contributed by atoms with Crippen molar-refractivity contribution in [2.24, 2.45) is 40.9 Å². The highest BCUT2D eigenvalue weighted by molar-refractivity contribution is 6.01. The van der Waals surface area contributed by atoms with Crippen LogP contribution in [0.25, 0.3) is 0 Å². The van der Waals surface area contributed by atoms with Crippen LogP contribution in [-0.4, -0.2) is 34.9 Å². The first kappa shape index (κ1) is 19.5. The Kier molecular flexibility index (Phi) is 5.06. The van der Waals surface area contributed by atoms with Gasteiger partial charge in [-0.2, -0.15) is 0 Å². The molecule has 5 heteroatoms. The van der Waals surface area contributed by atoms with Crippen LogP contribution in [0.3, 0.4) is 0 Å². The first-order valence-electron chi connectivity index (χ1n) is 9.99. The fraction of sp³-hybridized carbons (Fsp3) is 0.857. The monoisotopic (exact) mass is 364 g/mol. The van der Waals surface area contributed by atoms with E-state index in [0.29, 0.717) is 6.42 Å². The molecule has 0 radical (unpaired) electrons. The number of aliphatic hydroxyl groups excluding tert-OH is 1. The molecule has 7 atom stereocenters. The Morgan fingerprint density at radius 3 is 2.42 bits per heavy atom. The van der Waals surface area contributed by atoms with Gasteiger partial charge in [-0.25, -0.2) is 0 Å². The number of rotatable bonds is 2. The van der Waals surface area contributed by atoms with Crippen molar-refractivity contribution in [2.45, 2.75) is 72.5 Å². The van der Waals surface area contributed by atoms with E-state index in [-0.39, 0.29) is 34.7 Å². The lowest BCUT2D eigenvalue weighted by atomic mass is 9.49. The lowest BCUT2D eigenvalue weighted by Gasteiger charge is -2.56. The van der Waals surface area contributed by atoms with E-state index in [1.54, 1.807) is 0 Å². The number of carbonyl (C=O) groups excluding carboxylic acids is 3. The Bertz CT molecular complexity index is 608. The van der Waals surface area contributed by atoms with Crippen molar-refractivity contribution in [3.8, 4) is 0 Å². The van der Waals surface area contributed by atoms with Gasteiger partial charge in [-0.1, -0.05) is 34.1 Å². The summed E-state index contributed by atoms with van der Waals surface area (Å²) in [5, 5.41) is 10.6. The van der Waals surface area contributed by atoms with E-state index in [0.717, 1.165) is 19.3 Å². The Balaban J connectivity index is 2.05. The molecule has 0 amide bonds. The van der Waals surface area contributed by atoms with E-state index < -0.39 is 35.9 Å². The minimum Gasteiger partial charge on any atom is -0.462 e. The standard InChI is InChI=1S/C21H32O5/c1-10(2)15-18(23)17-14(26-11(3)22)9-13-12(7-6-8-21(13,4)5)16(17)20(25)19(15)24/h10,12-17,19,24H,6-9H2,1-5H3/t12-,13-,14+,15-,16-,17+,19-/m1/s1. The molecule has 3 aliphatic rings. The summed E-state index contributed by atoms with van der Waals surface area (Å²) < 4.78 is 5.59. The van der Waals surface area contributed by atoms with Gasteiger partial charge in [0, 0.05) is 12.8 Å². The number of Topliss-reactive ketones (excluding diaryl/α,β-unsaturated/α-hetero) is 2. The van der Waals surface area contributed by atoms with Gasteiger partial charge in [-0.3, -0.25) is 14.4 Å². The number of ether oxygens (including phenoxy) is 1. The highest BCUT2D eigenvalue weighted by atomic mass is 16.5. The van der Waals surface area contributed by atoms with Gasteiger partial charge in [0.25, 0.3) is 0 Å². The van der Waals surface area contributed by atoms with Gasteiger partial charge in [-0.15, -0.1) is 0 Å². The van der Waals surface area contributed by atoms with Gasteiger partial charge in [0.05, 0.1) is 11.8 Å². The topological polar surface area (TPSA) is 80.7 Å². The fourth-order valence-corrected chi connectivity index (χ4v) is 6.11. The second-order valence-corrected chi connectivity index (χ2v) is 9.61. The zero-order chi connectivity index (χ0) is 19.4. The Morgan fingerprint density at radius 2 is 1.85 bits per heavy atom. The molecule has 0 aromatic heterocycles. The SMILES string of the molecule is CC(=O)O[C@H]1C[C@@H]2[C@@H](CCCC2(C)C)[C@H]2C(=O)[C@H](O)[C@H](C(C)C)C(=O)[C@H]21. The number of hydrogen-bond acceptors (Lipinski definition) is 5. The average Bonchev–Trinajstić information content (AvgIpc) is 2.51. The van der Waals surface area contributed by atoms with E-state index in [4.69, 9.17) is 4.74 Å². The van der Waals surface area contributed by atoms with Crippen molar-refractivity contribution in [3.63, 3.8) is 0 Å². The Labute approximate surface area is 155 Å². The summed E-state index contributed by atoms with van der Waals surface area (Å²) in [6, 6.07) is 0. The third kappa shape index (κ3) is 3.02. The molecule has 0 bridgehead atoms. The van der Waals surface area contributed by atoms with E-state index in [2.05, 4.69) is 13.8 Å². The lowest BCUT2D eigenvalue weighted by Crippen LogP contribution is -2.63. The summed E-state index contributed by atoms with van der Waals surface area (Å²) in [4.78, 5) is 38.2. The van der Waals surface area contributed by atoms with Gasteiger partial charge in [0.2, 0.25) is 0 Å². The first-order valence-corrected chi connectivity index (χ1v) is 9.99. The molecule has 26 heavy (non-hydrogen) atoms. The molecule has 3 fully saturated rings. The van der Waals surface area contributed by atoms with Gasteiger partial charge in [-0.05, 0) is 42.4 Å². The lowest BCUT2D eigenvalue weighted by molar-refractivity contribution is -0.184. The molecular weight excluding hydrogens is 332 g/mol. The van der Waals surface area contributed by atoms with Gasteiger partial charge in [0.1, 0.15) is 18.0 Å². The highest BCUT2D eigenvalue weighted by Crippen LogP contribution is 2.57. The average molecular weight is 364 g/mol. The Morgan fingerprint density at radius 1 is 1.19 bits per heavy atom. The predicted octanol–water partition coefficient (Wildman–Crippen LogP) is 2.78. The van der Waals surface area contributed by atoms with Crippen molar-refractivity contribution in [1.29, 1.82) is 0 Å². The number of carbonyl (C=O) groups is 3. The highest BCUT2D eigenvalue weighted by Gasteiger charge is 2.61. The number of fused-ring (bicyclic) bond motifs is 3. The molecule has 3 aliphatic carbocycles. The van der Waals surface area contributed by atoms with Crippen LogP contribution < -0.4 is 0 Å². The predicted molar refractivity (Wildman–Crippen MR) is 96.1 cm³/mol. The van der Waals surface area contributed by atoms with Gasteiger partial charge in [0.15, 0.2) is 5.78 Å². The molecule has 0 aromatic carbocycles. The van der Waals surface area contributed by atoms with Crippen LogP contribution in [0, 0.1) is 40.9 Å². The van der Waals surface area contributed by atoms with Crippen LogP contribution in [0.4, 0.5) is 0 Å². The quantitative estimate of drug-likeness (QED) is 0.762. The minimum atomic E-state index is -1.23. The molecule has 3 saturated carbocycles. The third-order valence-corrected chi connectivity index (χ3v) is 7.27. The number of hydrogen-bond donors (Lipinski definition) is 1. The maximum absolute atomic E-state index is 13.3. The maximum atomic E-state index is 13.3. The van der Waals surface area contributed by atoms with Crippen molar-refractivity contribution in [1.82, 2.24) is 0 Å². The van der Waals surface area contributed by atoms with Crippen molar-refractivity contribution >= 4 is 17.5 Å². The summed E-state index contributed by atoms with van der Waals surface area (Å²) in [6.45, 7) is 9.48. The summed E-state index contributed by atoms with van der Waals surface area (Å²) in [7, 11) is 0. The van der Waals surface area contributed by atoms with E-state index >= 15 is 0 Å². The summed E-state index contributed by atoms with van der Waals surface area (Å²) >= 11 is 0. The fourth-order valence-electron chi connectivity index (χ4n) is 6.11. The van der Waals surface area contributed by atoms with Crippen LogP contribution in [0.1, 0.15) is 60.3 Å². The minimum absolute atomic E-state index is 0.0372. The van der Waals surface area contributed by atoms with E-state index in [9.17, 15) is 19.5 Å². The molecule has 3 rings (SSSR count). The molecule has 0 spiro atoms. The molecule has 5 nitrogen and oxygen atoms in total. The van der Waals surface area contributed by atoms with Crippen molar-refractivity contribution < 1.29 is 24.2 Å². The molecular formula is C21H32O5. The van der Waals surface area contributed by atoms with E-state index in [1.807, 2.05) is 13.8 Å². The molecule has 1 N–H and O–H groups in total. The summed E-state index contributed by atoms with van der Waals surface area (Å²) in [6.07, 6.45) is 1.85. The normalized spacial score (nSPS) is 42.2. The second kappa shape index (κ2) is 6.74. The number of esters is 1. The van der Waals surface area contributed by atoms with Crippen LogP contribution in [0.15, 0.2) is 0 Å². The molecule has 0 saturated heterocycles. The number of ketones is 2. The summed E-state index contributed by atoms with van der Waals surface area (Å²) in [5.41, 5.74) is 0.0372. The molecule has 146 valence electrons. The van der Waals surface area contributed by atoms with Crippen molar-refractivity contribution in [3.05, 3.63) is 0 Å². The molecule has 0 aliphatic heterocycles. The molecule has 0 heterocycles.